The minimum atomic E-state index is 0.470. The van der Waals surface area contributed by atoms with Crippen molar-refractivity contribution in [1.82, 2.24) is 15.2 Å². The van der Waals surface area contributed by atoms with E-state index in [2.05, 4.69) is 33.7 Å². The number of rotatable bonds is 3. The number of hydrogen-bond acceptors (Lipinski definition) is 2. The van der Waals surface area contributed by atoms with Crippen LogP contribution in [0.25, 0.3) is 0 Å². The Kier molecular flexibility index (Phi) is 2.74. The SMILES string of the molecule is c1cc(C2(CN3CCNCC3)CCC2)c[nH]1. The van der Waals surface area contributed by atoms with Gasteiger partial charge in [0.1, 0.15) is 0 Å². The second-order valence-electron chi connectivity index (χ2n) is 5.26. The van der Waals surface area contributed by atoms with Gasteiger partial charge >= 0.3 is 0 Å². The van der Waals surface area contributed by atoms with Crippen LogP contribution in [-0.2, 0) is 5.41 Å². The molecule has 0 spiro atoms. The number of aromatic nitrogens is 1. The summed E-state index contributed by atoms with van der Waals surface area (Å²) in [5, 5.41) is 3.42. The molecule has 88 valence electrons. The first-order chi connectivity index (χ1) is 7.89. The Morgan fingerprint density at radius 3 is 2.62 bits per heavy atom. The van der Waals surface area contributed by atoms with Crippen molar-refractivity contribution in [3.63, 3.8) is 0 Å². The molecule has 3 heteroatoms. The van der Waals surface area contributed by atoms with E-state index in [4.69, 9.17) is 0 Å². The number of aromatic amines is 1. The Morgan fingerprint density at radius 2 is 2.06 bits per heavy atom. The Bertz CT molecular complexity index is 321. The van der Waals surface area contributed by atoms with Crippen LogP contribution in [0.4, 0.5) is 0 Å². The lowest BCUT2D eigenvalue weighted by Gasteiger charge is -2.46. The van der Waals surface area contributed by atoms with E-state index in [1.165, 1.54) is 44.5 Å². The largest absolute Gasteiger partial charge is 0.367 e. The summed E-state index contributed by atoms with van der Waals surface area (Å²) in [6.45, 7) is 6.00. The van der Waals surface area contributed by atoms with Gasteiger partial charge in [-0.1, -0.05) is 6.42 Å². The average molecular weight is 219 g/mol. The van der Waals surface area contributed by atoms with Crippen LogP contribution in [0.3, 0.4) is 0 Å². The lowest BCUT2D eigenvalue weighted by Crippen LogP contribution is -2.51. The van der Waals surface area contributed by atoms with E-state index >= 15 is 0 Å². The molecule has 1 aliphatic heterocycles. The molecule has 0 aromatic carbocycles. The number of piperazine rings is 1. The van der Waals surface area contributed by atoms with Crippen LogP contribution >= 0.6 is 0 Å². The molecule has 0 unspecified atom stereocenters. The van der Waals surface area contributed by atoms with Gasteiger partial charge in [-0.2, -0.15) is 0 Å². The fourth-order valence-electron chi connectivity index (χ4n) is 3.09. The molecule has 2 N–H and O–H groups in total. The zero-order valence-electron chi connectivity index (χ0n) is 9.84. The summed E-state index contributed by atoms with van der Waals surface area (Å²) >= 11 is 0. The smallest absolute Gasteiger partial charge is 0.0108 e. The molecule has 3 rings (SSSR count). The van der Waals surface area contributed by atoms with Gasteiger partial charge < -0.3 is 10.3 Å². The van der Waals surface area contributed by atoms with Gasteiger partial charge in [0.25, 0.3) is 0 Å². The van der Waals surface area contributed by atoms with Crippen molar-refractivity contribution >= 4 is 0 Å². The number of nitrogens with zero attached hydrogens (tertiary/aromatic N) is 1. The van der Waals surface area contributed by atoms with Crippen LogP contribution in [0.15, 0.2) is 18.5 Å². The molecule has 2 fully saturated rings. The molecule has 16 heavy (non-hydrogen) atoms. The second kappa shape index (κ2) is 4.22. The summed E-state index contributed by atoms with van der Waals surface area (Å²) in [5.41, 5.74) is 1.99. The summed E-state index contributed by atoms with van der Waals surface area (Å²) in [6.07, 6.45) is 8.40. The summed E-state index contributed by atoms with van der Waals surface area (Å²) in [5.74, 6) is 0. The molecular formula is C13H21N3. The summed E-state index contributed by atoms with van der Waals surface area (Å²) in [6, 6.07) is 2.27. The van der Waals surface area contributed by atoms with Crippen molar-refractivity contribution in [2.24, 2.45) is 0 Å². The third-order valence-corrected chi connectivity index (χ3v) is 4.26. The molecule has 1 saturated heterocycles. The molecule has 1 aromatic heterocycles. The molecule has 2 heterocycles. The van der Waals surface area contributed by atoms with E-state index in [-0.39, 0.29) is 0 Å². The Morgan fingerprint density at radius 1 is 1.25 bits per heavy atom. The maximum Gasteiger partial charge on any atom is 0.0108 e. The van der Waals surface area contributed by atoms with Gasteiger partial charge in [0.05, 0.1) is 0 Å². The molecule has 0 radical (unpaired) electrons. The van der Waals surface area contributed by atoms with Crippen LogP contribution in [0.2, 0.25) is 0 Å². The van der Waals surface area contributed by atoms with E-state index in [9.17, 15) is 0 Å². The van der Waals surface area contributed by atoms with Crippen LogP contribution in [0.1, 0.15) is 24.8 Å². The van der Waals surface area contributed by atoms with Crippen molar-refractivity contribution in [3.05, 3.63) is 24.0 Å². The van der Waals surface area contributed by atoms with Gasteiger partial charge in [-0.15, -0.1) is 0 Å². The molecule has 3 nitrogen and oxygen atoms in total. The van der Waals surface area contributed by atoms with Gasteiger partial charge in [-0.05, 0) is 24.5 Å². The lowest BCUT2D eigenvalue weighted by molar-refractivity contribution is 0.128. The molecule has 0 amide bonds. The molecule has 0 bridgehead atoms. The van der Waals surface area contributed by atoms with Gasteiger partial charge in [0, 0.05) is 50.5 Å². The topological polar surface area (TPSA) is 31.1 Å². The van der Waals surface area contributed by atoms with E-state index in [0.717, 1.165) is 13.1 Å². The Hall–Kier alpha value is -0.800. The lowest BCUT2D eigenvalue weighted by atomic mass is 9.65. The minimum absolute atomic E-state index is 0.470. The van der Waals surface area contributed by atoms with E-state index in [1.807, 2.05) is 0 Å². The van der Waals surface area contributed by atoms with Crippen LogP contribution in [0.5, 0.6) is 0 Å². The minimum Gasteiger partial charge on any atom is -0.367 e. The van der Waals surface area contributed by atoms with Crippen molar-refractivity contribution in [3.8, 4) is 0 Å². The molecule has 1 aliphatic carbocycles. The standard InChI is InChI=1S/C13H21N3/c1-3-13(4-1,12-2-5-15-10-12)11-16-8-6-14-7-9-16/h2,5,10,14-15H,1,3-4,6-9,11H2. The van der Waals surface area contributed by atoms with Gasteiger partial charge in [-0.3, -0.25) is 4.90 Å². The van der Waals surface area contributed by atoms with Gasteiger partial charge in [0.15, 0.2) is 0 Å². The highest BCUT2D eigenvalue weighted by molar-refractivity contribution is 5.26. The van der Waals surface area contributed by atoms with Gasteiger partial charge in [-0.25, -0.2) is 0 Å². The normalized spacial score (nSPS) is 25.2. The first-order valence-electron chi connectivity index (χ1n) is 6.45. The maximum absolute atomic E-state index is 3.42. The maximum atomic E-state index is 3.42. The van der Waals surface area contributed by atoms with E-state index in [0.29, 0.717) is 5.41 Å². The van der Waals surface area contributed by atoms with Crippen LogP contribution in [0, 0.1) is 0 Å². The van der Waals surface area contributed by atoms with Crippen LogP contribution in [-0.4, -0.2) is 42.6 Å². The third-order valence-electron chi connectivity index (χ3n) is 4.26. The summed E-state index contributed by atoms with van der Waals surface area (Å²) < 4.78 is 0. The highest BCUT2D eigenvalue weighted by Crippen LogP contribution is 2.44. The predicted octanol–water partition coefficient (Wildman–Crippen LogP) is 1.34. The number of H-pyrrole nitrogens is 1. The fourth-order valence-corrected chi connectivity index (χ4v) is 3.09. The molecule has 1 aromatic rings. The first kappa shape index (κ1) is 10.4. The fraction of sp³-hybridized carbons (Fsp3) is 0.692. The van der Waals surface area contributed by atoms with Crippen molar-refractivity contribution < 1.29 is 0 Å². The van der Waals surface area contributed by atoms with Crippen LogP contribution < -0.4 is 5.32 Å². The quantitative estimate of drug-likeness (QED) is 0.804. The summed E-state index contributed by atoms with van der Waals surface area (Å²) in [4.78, 5) is 5.84. The highest BCUT2D eigenvalue weighted by atomic mass is 15.2. The number of nitrogens with one attached hydrogen (secondary N) is 2. The zero-order chi connectivity index (χ0) is 10.8. The van der Waals surface area contributed by atoms with Crippen molar-refractivity contribution in [2.75, 3.05) is 32.7 Å². The Balaban J connectivity index is 1.70. The van der Waals surface area contributed by atoms with E-state index in [1.54, 1.807) is 0 Å². The molecule has 1 saturated carbocycles. The predicted molar refractivity (Wildman–Crippen MR) is 65.6 cm³/mol. The van der Waals surface area contributed by atoms with E-state index < -0.39 is 0 Å². The molecule has 0 atom stereocenters. The average Bonchev–Trinajstić information content (AvgIpc) is 2.78. The molecule has 2 aliphatic rings. The zero-order valence-corrected chi connectivity index (χ0v) is 9.84. The van der Waals surface area contributed by atoms with Crippen molar-refractivity contribution in [1.29, 1.82) is 0 Å². The number of hydrogen-bond donors (Lipinski definition) is 2. The monoisotopic (exact) mass is 219 g/mol. The highest BCUT2D eigenvalue weighted by Gasteiger charge is 2.40. The summed E-state index contributed by atoms with van der Waals surface area (Å²) in [7, 11) is 0. The second-order valence-corrected chi connectivity index (χ2v) is 5.26. The third kappa shape index (κ3) is 1.78. The Labute approximate surface area is 97.2 Å². The first-order valence-corrected chi connectivity index (χ1v) is 6.45. The van der Waals surface area contributed by atoms with Gasteiger partial charge in [0.2, 0.25) is 0 Å². The molecular weight excluding hydrogens is 198 g/mol. The van der Waals surface area contributed by atoms with Crippen molar-refractivity contribution in [2.45, 2.75) is 24.7 Å².